The van der Waals surface area contributed by atoms with Crippen LogP contribution in [0.1, 0.15) is 122 Å². The van der Waals surface area contributed by atoms with E-state index in [2.05, 4.69) is 52.1 Å². The highest BCUT2D eigenvalue weighted by molar-refractivity contribution is 5.76. The van der Waals surface area contributed by atoms with E-state index in [1.165, 1.54) is 51.4 Å². The summed E-state index contributed by atoms with van der Waals surface area (Å²) >= 11 is 0. The van der Waals surface area contributed by atoms with Crippen molar-refractivity contribution in [3.63, 3.8) is 0 Å². The fourth-order valence-corrected chi connectivity index (χ4v) is 5.86. The monoisotopic (exact) mass is 547 g/mol. The summed E-state index contributed by atoms with van der Waals surface area (Å²) in [4.78, 5) is 12.6. The molecule has 1 aliphatic carbocycles. The highest BCUT2D eigenvalue weighted by Gasteiger charge is 2.44. The second kappa shape index (κ2) is 20.8. The maximum atomic E-state index is 15.4. The zero-order chi connectivity index (χ0) is 28.0. The van der Waals surface area contributed by atoms with Gasteiger partial charge in [0.1, 0.15) is 11.7 Å². The van der Waals surface area contributed by atoms with Gasteiger partial charge in [0.25, 0.3) is 0 Å². The van der Waals surface area contributed by atoms with Crippen LogP contribution in [0.15, 0.2) is 39.9 Å². The summed E-state index contributed by atoms with van der Waals surface area (Å²) in [6, 6.07) is -0.315. The van der Waals surface area contributed by atoms with Gasteiger partial charge in [0.15, 0.2) is 0 Å². The van der Waals surface area contributed by atoms with Crippen molar-refractivity contribution in [3.8, 4) is 0 Å². The molecule has 1 saturated heterocycles. The normalized spacial score (nSPS) is 25.7. The number of nitrogens with one attached hydrogen (secondary N) is 1. The van der Waals surface area contributed by atoms with Crippen LogP contribution in [0.3, 0.4) is 0 Å². The van der Waals surface area contributed by atoms with E-state index >= 15 is 4.39 Å². The number of nitrogens with zero attached hydrogens (tertiary/aromatic N) is 3. The lowest BCUT2D eigenvalue weighted by Gasteiger charge is -2.44. The van der Waals surface area contributed by atoms with Crippen LogP contribution in [0.25, 0.3) is 0 Å². The fraction of sp³-hybridized carbons (Fsp3) is 0.806. The SMILES string of the molecule is CCCCC/C=C\C/C=C\CCCCCCCCOC(=O)[C@@H]1C[C@H]2C[C@@](F)(CC/C=N/N=N\N)CC[C@H]2CN1. The molecule has 222 valence electrons. The molecule has 0 spiro atoms. The Kier molecular flexibility index (Phi) is 17.6. The molecule has 0 aromatic carbocycles. The van der Waals surface area contributed by atoms with Crippen molar-refractivity contribution in [2.24, 2.45) is 33.2 Å². The smallest absolute Gasteiger partial charge is 0.323 e. The number of esters is 1. The molecule has 0 aromatic heterocycles. The number of carbonyl (C=O) groups excluding carboxylic acids is 1. The molecule has 0 amide bonds. The molecule has 0 aromatic rings. The van der Waals surface area contributed by atoms with E-state index < -0.39 is 5.67 Å². The van der Waals surface area contributed by atoms with Gasteiger partial charge in [0.05, 0.1) is 6.61 Å². The predicted molar refractivity (Wildman–Crippen MR) is 158 cm³/mol. The van der Waals surface area contributed by atoms with Crippen LogP contribution < -0.4 is 11.2 Å². The Balaban J connectivity index is 1.48. The third kappa shape index (κ3) is 14.8. The van der Waals surface area contributed by atoms with Gasteiger partial charge in [0.2, 0.25) is 0 Å². The fourth-order valence-electron chi connectivity index (χ4n) is 5.86. The lowest BCUT2D eigenvalue weighted by atomic mass is 9.67. The zero-order valence-electron chi connectivity index (χ0n) is 24.4. The Morgan fingerprint density at radius 1 is 1.00 bits per heavy atom. The summed E-state index contributed by atoms with van der Waals surface area (Å²) in [7, 11) is 0. The number of hydrogen-bond acceptors (Lipinski definition) is 5. The second-order valence-electron chi connectivity index (χ2n) is 11.4. The number of unbranched alkanes of at least 4 members (excludes halogenated alkanes) is 9. The van der Waals surface area contributed by atoms with Gasteiger partial charge < -0.3 is 15.9 Å². The first-order chi connectivity index (χ1) is 19.1. The summed E-state index contributed by atoms with van der Waals surface area (Å²) in [5, 5.41) is 13.4. The quantitative estimate of drug-likeness (QED) is 0.0307. The number of allylic oxidation sites excluding steroid dienone is 4. The number of ether oxygens (including phenoxy) is 1. The van der Waals surface area contributed by atoms with E-state index in [0.717, 1.165) is 38.6 Å². The number of rotatable bonds is 20. The summed E-state index contributed by atoms with van der Waals surface area (Å²) < 4.78 is 21.0. The van der Waals surface area contributed by atoms with E-state index in [0.29, 0.717) is 44.6 Å². The molecular formula is C31H54FN5O2. The lowest BCUT2D eigenvalue weighted by Crippen LogP contribution is -2.52. The Morgan fingerprint density at radius 2 is 1.72 bits per heavy atom. The number of carbonyl (C=O) groups is 1. The van der Waals surface area contributed by atoms with Gasteiger partial charge >= 0.3 is 5.97 Å². The average molecular weight is 548 g/mol. The molecule has 0 unspecified atom stereocenters. The van der Waals surface area contributed by atoms with Crippen LogP contribution in [-0.2, 0) is 9.53 Å². The highest BCUT2D eigenvalue weighted by atomic mass is 19.1. The summed E-state index contributed by atoms with van der Waals surface area (Å²) in [6.07, 6.45) is 28.5. The maximum Gasteiger partial charge on any atom is 0.323 e. The molecule has 39 heavy (non-hydrogen) atoms. The Labute approximate surface area is 236 Å². The van der Waals surface area contributed by atoms with E-state index in [9.17, 15) is 4.79 Å². The van der Waals surface area contributed by atoms with Gasteiger partial charge in [-0.25, -0.2) is 4.39 Å². The second-order valence-corrected chi connectivity index (χ2v) is 11.4. The molecule has 2 fully saturated rings. The van der Waals surface area contributed by atoms with Crippen molar-refractivity contribution in [1.29, 1.82) is 0 Å². The molecule has 1 heterocycles. The Hall–Kier alpha value is -2.09. The number of alkyl halides is 1. The number of hydrogen-bond donors (Lipinski definition) is 2. The van der Waals surface area contributed by atoms with Gasteiger partial charge in [-0.2, -0.15) is 0 Å². The van der Waals surface area contributed by atoms with Gasteiger partial charge in [0, 0.05) is 6.21 Å². The molecule has 0 bridgehead atoms. The van der Waals surface area contributed by atoms with Crippen LogP contribution in [0.4, 0.5) is 4.39 Å². The molecule has 8 heteroatoms. The van der Waals surface area contributed by atoms with Crippen molar-refractivity contribution in [2.75, 3.05) is 13.2 Å². The van der Waals surface area contributed by atoms with Crippen LogP contribution in [0.5, 0.6) is 0 Å². The molecule has 0 radical (unpaired) electrons. The predicted octanol–water partition coefficient (Wildman–Crippen LogP) is 7.92. The lowest BCUT2D eigenvalue weighted by molar-refractivity contribution is -0.148. The zero-order valence-corrected chi connectivity index (χ0v) is 24.4. The first-order valence-corrected chi connectivity index (χ1v) is 15.6. The molecule has 3 N–H and O–H groups in total. The molecular weight excluding hydrogens is 493 g/mol. The molecule has 4 atom stereocenters. The van der Waals surface area contributed by atoms with Gasteiger partial charge in [-0.05, 0) is 101 Å². The third-order valence-electron chi connectivity index (χ3n) is 8.20. The molecule has 2 rings (SSSR count). The van der Waals surface area contributed by atoms with Crippen molar-refractivity contribution >= 4 is 12.2 Å². The first-order valence-electron chi connectivity index (χ1n) is 15.6. The average Bonchev–Trinajstić information content (AvgIpc) is 2.94. The Bertz CT molecular complexity index is 772. The van der Waals surface area contributed by atoms with E-state index in [1.54, 1.807) is 6.21 Å². The van der Waals surface area contributed by atoms with Gasteiger partial charge in [-0.15, -0.1) is 5.10 Å². The van der Waals surface area contributed by atoms with Crippen LogP contribution >= 0.6 is 0 Å². The van der Waals surface area contributed by atoms with Crippen LogP contribution in [0.2, 0.25) is 0 Å². The number of fused-ring (bicyclic) bond motifs is 1. The van der Waals surface area contributed by atoms with Crippen molar-refractivity contribution in [2.45, 2.75) is 134 Å². The summed E-state index contributed by atoms with van der Waals surface area (Å²) in [5.41, 5.74) is -1.21. The number of nitrogens with two attached hydrogens (primary N) is 1. The number of halogens is 1. The standard InChI is InChI=1S/C31H54FN5O2/c1-2-3-4-5-6-7-8-9-10-11-12-13-14-15-16-17-23-39-30(38)29-24-28-25-31(32,20-18-22-35-37-36-33)21-19-27(28)26-34-29/h6-7,9-10,22,27-29,34H,2-5,8,11-21,23-26H2,1H3,(H2,33,37)/b7-6-,10-9-,35-22+/t27-,28-,29-,31+/m0/s1. The van der Waals surface area contributed by atoms with Crippen LogP contribution in [0, 0.1) is 11.8 Å². The van der Waals surface area contributed by atoms with Crippen LogP contribution in [-0.4, -0.2) is 37.0 Å². The largest absolute Gasteiger partial charge is 0.465 e. The van der Waals surface area contributed by atoms with E-state index in [1.807, 2.05) is 0 Å². The molecule has 1 saturated carbocycles. The van der Waals surface area contributed by atoms with Crippen molar-refractivity contribution < 1.29 is 13.9 Å². The highest BCUT2D eigenvalue weighted by Crippen LogP contribution is 2.44. The Morgan fingerprint density at radius 3 is 2.46 bits per heavy atom. The first kappa shape index (κ1) is 33.1. The van der Waals surface area contributed by atoms with Gasteiger partial charge in [-0.1, -0.05) is 75.0 Å². The topological polar surface area (TPSA) is 101 Å². The minimum Gasteiger partial charge on any atom is -0.465 e. The van der Waals surface area contributed by atoms with Crippen molar-refractivity contribution in [3.05, 3.63) is 24.3 Å². The summed E-state index contributed by atoms with van der Waals surface area (Å²) in [6.45, 7) is 3.49. The molecule has 7 nitrogen and oxygen atoms in total. The number of piperidine rings is 1. The third-order valence-corrected chi connectivity index (χ3v) is 8.20. The summed E-state index contributed by atoms with van der Waals surface area (Å²) in [5.74, 6) is 5.38. The molecule has 1 aliphatic heterocycles. The van der Waals surface area contributed by atoms with E-state index in [4.69, 9.17) is 10.6 Å². The molecule has 2 aliphatic rings. The van der Waals surface area contributed by atoms with E-state index in [-0.39, 0.29) is 17.9 Å². The minimum atomic E-state index is -1.21. The minimum absolute atomic E-state index is 0.176. The van der Waals surface area contributed by atoms with Crippen molar-refractivity contribution in [1.82, 2.24) is 5.32 Å². The maximum absolute atomic E-state index is 15.4. The van der Waals surface area contributed by atoms with Gasteiger partial charge in [-0.3, -0.25) is 4.79 Å².